The lowest BCUT2D eigenvalue weighted by Gasteiger charge is -2.04. The molecule has 80 valence electrons. The van der Waals surface area contributed by atoms with Gasteiger partial charge in [-0.3, -0.25) is 0 Å². The molecule has 0 saturated heterocycles. The van der Waals surface area contributed by atoms with Crippen molar-refractivity contribution >= 4 is 11.8 Å². The van der Waals surface area contributed by atoms with E-state index in [1.54, 1.807) is 6.20 Å². The first-order valence-electron chi connectivity index (χ1n) is 4.66. The van der Waals surface area contributed by atoms with Crippen LogP contribution in [0.3, 0.4) is 0 Å². The molecule has 0 aliphatic heterocycles. The van der Waals surface area contributed by atoms with Gasteiger partial charge >= 0.3 is 0 Å². The van der Waals surface area contributed by atoms with E-state index < -0.39 is 0 Å². The van der Waals surface area contributed by atoms with Gasteiger partial charge in [-0.1, -0.05) is 0 Å². The topological polar surface area (TPSA) is 62.7 Å². The zero-order valence-corrected chi connectivity index (χ0v) is 9.71. The van der Waals surface area contributed by atoms with Gasteiger partial charge in [0.25, 0.3) is 5.22 Å². The van der Waals surface area contributed by atoms with Crippen molar-refractivity contribution in [2.24, 2.45) is 0 Å². The number of aryl methyl sites for hydroxylation is 2. The van der Waals surface area contributed by atoms with Gasteiger partial charge in [-0.15, -0.1) is 0 Å². The van der Waals surface area contributed by atoms with Crippen LogP contribution in [-0.4, -0.2) is 9.97 Å². The Hall–Kier alpha value is -1.80. The largest absolute Gasteiger partial charge is 0.440 e. The second-order valence-corrected chi connectivity index (χ2v) is 4.21. The van der Waals surface area contributed by atoms with Gasteiger partial charge in [-0.05, 0) is 37.2 Å². The molecule has 0 saturated carbocycles. The summed E-state index contributed by atoms with van der Waals surface area (Å²) in [4.78, 5) is 8.31. The van der Waals surface area contributed by atoms with Crippen molar-refractivity contribution < 1.29 is 4.42 Å². The highest BCUT2D eigenvalue weighted by Gasteiger charge is 2.12. The Morgan fingerprint density at radius 2 is 2.25 bits per heavy atom. The molecule has 0 bridgehead atoms. The summed E-state index contributed by atoms with van der Waals surface area (Å²) in [5, 5.41) is 10.2. The Bertz CT molecular complexity index is 543. The van der Waals surface area contributed by atoms with Crippen molar-refractivity contribution in [3.63, 3.8) is 0 Å². The molecule has 2 heterocycles. The average molecular weight is 231 g/mol. The van der Waals surface area contributed by atoms with Crippen LogP contribution in [0.15, 0.2) is 33.2 Å². The summed E-state index contributed by atoms with van der Waals surface area (Å²) in [6, 6.07) is 4.04. The third-order valence-electron chi connectivity index (χ3n) is 2.02. The van der Waals surface area contributed by atoms with Gasteiger partial charge < -0.3 is 4.42 Å². The van der Waals surface area contributed by atoms with Gasteiger partial charge in [0.05, 0.1) is 11.8 Å². The maximum absolute atomic E-state index is 9.06. The van der Waals surface area contributed by atoms with Crippen molar-refractivity contribution in [2.45, 2.75) is 24.1 Å². The van der Waals surface area contributed by atoms with E-state index in [2.05, 4.69) is 16.0 Å². The van der Waals surface area contributed by atoms with Crippen LogP contribution in [0, 0.1) is 25.2 Å². The standard InChI is InChI=1S/C11H9N3OS/c1-7-5-8(2)14-10(9(7)6-12)16-11-13-3-4-15-11/h3-5H,1-2H3. The van der Waals surface area contributed by atoms with E-state index in [4.69, 9.17) is 9.68 Å². The summed E-state index contributed by atoms with van der Waals surface area (Å²) in [6.45, 7) is 3.79. The molecule has 0 aliphatic rings. The third kappa shape index (κ3) is 2.07. The zero-order valence-electron chi connectivity index (χ0n) is 8.89. The predicted molar refractivity (Wildman–Crippen MR) is 59.1 cm³/mol. The van der Waals surface area contributed by atoms with Gasteiger partial charge in [0.15, 0.2) is 0 Å². The Balaban J connectivity index is 2.44. The number of aromatic nitrogens is 2. The highest BCUT2D eigenvalue weighted by atomic mass is 32.2. The minimum atomic E-state index is 0.494. The molecule has 2 aromatic rings. The van der Waals surface area contributed by atoms with Crippen LogP contribution >= 0.6 is 11.8 Å². The fourth-order valence-electron chi connectivity index (χ4n) is 1.36. The van der Waals surface area contributed by atoms with Crippen molar-refractivity contribution in [3.05, 3.63) is 35.3 Å². The first-order chi connectivity index (χ1) is 7.70. The number of hydrogen-bond acceptors (Lipinski definition) is 5. The molecule has 0 N–H and O–H groups in total. The molecule has 5 heteroatoms. The number of rotatable bonds is 2. The molecule has 0 unspecified atom stereocenters. The van der Waals surface area contributed by atoms with Gasteiger partial charge in [0.2, 0.25) is 0 Å². The third-order valence-corrected chi connectivity index (χ3v) is 2.88. The van der Waals surface area contributed by atoms with E-state index in [9.17, 15) is 0 Å². The summed E-state index contributed by atoms with van der Waals surface area (Å²) >= 11 is 1.26. The van der Waals surface area contributed by atoms with E-state index in [0.717, 1.165) is 11.3 Å². The maximum Gasteiger partial charge on any atom is 0.262 e. The molecule has 0 spiro atoms. The lowest BCUT2D eigenvalue weighted by molar-refractivity contribution is 0.454. The van der Waals surface area contributed by atoms with Gasteiger partial charge in [-0.2, -0.15) is 5.26 Å². The molecule has 0 amide bonds. The number of hydrogen-bond donors (Lipinski definition) is 0. The molecule has 2 aromatic heterocycles. The number of pyridine rings is 1. The summed E-state index contributed by atoms with van der Waals surface area (Å²) in [5.74, 6) is 0. The second kappa shape index (κ2) is 4.37. The minimum absolute atomic E-state index is 0.494. The number of oxazole rings is 1. The van der Waals surface area contributed by atoms with E-state index in [1.807, 2.05) is 19.9 Å². The van der Waals surface area contributed by atoms with Crippen LogP contribution in [0.5, 0.6) is 0 Å². The Morgan fingerprint density at radius 3 is 2.88 bits per heavy atom. The van der Waals surface area contributed by atoms with Gasteiger partial charge in [-0.25, -0.2) is 9.97 Å². The summed E-state index contributed by atoms with van der Waals surface area (Å²) in [7, 11) is 0. The Labute approximate surface area is 97.3 Å². The highest BCUT2D eigenvalue weighted by Crippen LogP contribution is 2.29. The quantitative estimate of drug-likeness (QED) is 0.795. The van der Waals surface area contributed by atoms with Crippen LogP contribution in [0.1, 0.15) is 16.8 Å². The molecule has 0 aromatic carbocycles. The fraction of sp³-hybridized carbons (Fsp3) is 0.182. The van der Waals surface area contributed by atoms with E-state index in [0.29, 0.717) is 15.8 Å². The summed E-state index contributed by atoms with van der Waals surface area (Å²) < 4.78 is 5.12. The molecule has 2 rings (SSSR count). The molecular formula is C11H9N3OS. The van der Waals surface area contributed by atoms with E-state index in [1.165, 1.54) is 18.0 Å². The Morgan fingerprint density at radius 1 is 1.44 bits per heavy atom. The Kier molecular flexibility index (Phi) is 2.93. The van der Waals surface area contributed by atoms with Crippen molar-refractivity contribution in [2.75, 3.05) is 0 Å². The zero-order chi connectivity index (χ0) is 11.5. The van der Waals surface area contributed by atoms with Crippen molar-refractivity contribution in [1.29, 1.82) is 5.26 Å². The van der Waals surface area contributed by atoms with Crippen LogP contribution in [0.4, 0.5) is 0 Å². The molecule has 0 radical (unpaired) electrons. The molecule has 0 aliphatic carbocycles. The van der Waals surface area contributed by atoms with Gasteiger partial charge in [0, 0.05) is 5.69 Å². The molecule has 4 nitrogen and oxygen atoms in total. The summed E-state index contributed by atoms with van der Waals surface area (Å²) in [6.07, 6.45) is 3.06. The highest BCUT2D eigenvalue weighted by molar-refractivity contribution is 7.99. The van der Waals surface area contributed by atoms with Crippen LogP contribution in [0.2, 0.25) is 0 Å². The second-order valence-electron chi connectivity index (χ2n) is 3.27. The maximum atomic E-state index is 9.06. The molecular weight excluding hydrogens is 222 g/mol. The fourth-order valence-corrected chi connectivity index (χ4v) is 2.24. The van der Waals surface area contributed by atoms with Crippen LogP contribution in [-0.2, 0) is 0 Å². The molecule has 0 fully saturated rings. The number of nitrogens with zero attached hydrogens (tertiary/aromatic N) is 3. The SMILES string of the molecule is Cc1cc(C)c(C#N)c(Sc2ncco2)n1. The monoisotopic (exact) mass is 231 g/mol. The lowest BCUT2D eigenvalue weighted by Crippen LogP contribution is -1.93. The number of nitriles is 1. The first-order valence-corrected chi connectivity index (χ1v) is 5.48. The van der Waals surface area contributed by atoms with E-state index >= 15 is 0 Å². The minimum Gasteiger partial charge on any atom is -0.440 e. The van der Waals surface area contributed by atoms with E-state index in [-0.39, 0.29) is 0 Å². The van der Waals surface area contributed by atoms with Crippen molar-refractivity contribution in [3.8, 4) is 6.07 Å². The predicted octanol–water partition coefficient (Wildman–Crippen LogP) is 2.71. The van der Waals surface area contributed by atoms with Crippen LogP contribution < -0.4 is 0 Å². The lowest BCUT2D eigenvalue weighted by atomic mass is 10.1. The smallest absolute Gasteiger partial charge is 0.262 e. The normalized spacial score (nSPS) is 10.1. The van der Waals surface area contributed by atoms with Gasteiger partial charge in [0.1, 0.15) is 17.4 Å². The molecule has 0 atom stereocenters. The summed E-state index contributed by atoms with van der Waals surface area (Å²) in [5.41, 5.74) is 2.38. The van der Waals surface area contributed by atoms with Crippen LogP contribution in [0.25, 0.3) is 0 Å². The molecule has 16 heavy (non-hydrogen) atoms. The van der Waals surface area contributed by atoms with Crippen molar-refractivity contribution in [1.82, 2.24) is 9.97 Å². The first kappa shape index (κ1) is 10.7. The average Bonchev–Trinajstić information content (AvgIpc) is 2.70.